The van der Waals surface area contributed by atoms with E-state index in [1.807, 2.05) is 24.3 Å². The van der Waals surface area contributed by atoms with Crippen molar-refractivity contribution in [3.8, 4) is 5.75 Å². The van der Waals surface area contributed by atoms with Crippen molar-refractivity contribution in [2.75, 3.05) is 30.4 Å². The van der Waals surface area contributed by atoms with Crippen LogP contribution in [0.25, 0.3) is 0 Å². The molecule has 0 aliphatic carbocycles. The smallest absolute Gasteiger partial charge is 0.319 e. The van der Waals surface area contributed by atoms with E-state index in [1.165, 1.54) is 0 Å². The molecule has 0 radical (unpaired) electrons. The van der Waals surface area contributed by atoms with E-state index in [0.717, 1.165) is 29.7 Å². The molecule has 3 N–H and O–H groups in total. The molecular weight excluding hydrogens is 450 g/mol. The number of hydrogen-bond acceptors (Lipinski definition) is 4. The maximum atomic E-state index is 12.1. The van der Waals surface area contributed by atoms with Gasteiger partial charge in [0.25, 0.3) is 0 Å². The summed E-state index contributed by atoms with van der Waals surface area (Å²) in [5, 5.41) is 8.42. The van der Waals surface area contributed by atoms with Gasteiger partial charge >= 0.3 is 6.03 Å². The van der Waals surface area contributed by atoms with Crippen LogP contribution in [0.5, 0.6) is 5.75 Å². The molecule has 1 saturated heterocycles. The maximum Gasteiger partial charge on any atom is 0.319 e. The third-order valence-electron chi connectivity index (χ3n) is 4.55. The number of urea groups is 1. The monoisotopic (exact) mass is 475 g/mol. The molecule has 0 aromatic heterocycles. The van der Waals surface area contributed by atoms with Gasteiger partial charge in [-0.1, -0.05) is 22.0 Å². The van der Waals surface area contributed by atoms with Crippen LogP contribution in [0.2, 0.25) is 0 Å². The van der Waals surface area contributed by atoms with E-state index < -0.39 is 0 Å². The molecule has 0 bridgehead atoms. The predicted octanol–water partition coefficient (Wildman–Crippen LogP) is 4.55. The molecule has 2 aromatic rings. The fourth-order valence-corrected chi connectivity index (χ4v) is 3.41. The van der Waals surface area contributed by atoms with Gasteiger partial charge in [0.1, 0.15) is 5.75 Å². The largest absolute Gasteiger partial charge is 0.494 e. The van der Waals surface area contributed by atoms with E-state index in [9.17, 15) is 9.59 Å². The van der Waals surface area contributed by atoms with Gasteiger partial charge in [0, 0.05) is 35.4 Å². The zero-order valence-electron chi connectivity index (χ0n) is 16.7. The number of benzene rings is 2. The minimum absolute atomic E-state index is 0.0807. The molecule has 2 aromatic carbocycles. The maximum absolute atomic E-state index is 12.1. The van der Waals surface area contributed by atoms with Crippen molar-refractivity contribution in [2.24, 2.45) is 0 Å². The average molecular weight is 476 g/mol. The molecule has 160 valence electrons. The first-order valence-electron chi connectivity index (χ1n) is 10.0. The Kier molecular flexibility index (Phi) is 8.53. The van der Waals surface area contributed by atoms with Gasteiger partial charge in [-0.3, -0.25) is 4.79 Å². The first kappa shape index (κ1) is 22.1. The van der Waals surface area contributed by atoms with E-state index >= 15 is 0 Å². The molecule has 7 nitrogen and oxygen atoms in total. The SMILES string of the molecule is O=C(CCCOc1cccc(Br)c1)Nc1ccc(NC(=O)NCC2CCCO2)cc1. The second kappa shape index (κ2) is 11.6. The van der Waals surface area contributed by atoms with E-state index in [1.54, 1.807) is 24.3 Å². The molecule has 0 spiro atoms. The van der Waals surface area contributed by atoms with Crippen molar-refractivity contribution in [2.45, 2.75) is 31.8 Å². The molecule has 0 saturated carbocycles. The topological polar surface area (TPSA) is 88.7 Å². The van der Waals surface area contributed by atoms with Crippen LogP contribution in [0, 0.1) is 0 Å². The van der Waals surface area contributed by atoms with Crippen LogP contribution in [0.3, 0.4) is 0 Å². The zero-order valence-corrected chi connectivity index (χ0v) is 18.2. The van der Waals surface area contributed by atoms with Crippen LogP contribution in [-0.4, -0.2) is 37.8 Å². The third-order valence-corrected chi connectivity index (χ3v) is 5.05. The van der Waals surface area contributed by atoms with Gasteiger partial charge in [0.15, 0.2) is 0 Å². The number of halogens is 1. The van der Waals surface area contributed by atoms with Gasteiger partial charge in [0.2, 0.25) is 5.91 Å². The molecule has 3 amide bonds. The minimum atomic E-state index is -0.271. The Hall–Kier alpha value is -2.58. The summed E-state index contributed by atoms with van der Waals surface area (Å²) in [5.41, 5.74) is 1.33. The summed E-state index contributed by atoms with van der Waals surface area (Å²) in [6.45, 7) is 1.73. The van der Waals surface area contributed by atoms with Crippen molar-refractivity contribution in [1.29, 1.82) is 0 Å². The van der Waals surface area contributed by atoms with Crippen LogP contribution in [0.1, 0.15) is 25.7 Å². The van der Waals surface area contributed by atoms with Gasteiger partial charge < -0.3 is 25.4 Å². The number of carbonyl (C=O) groups is 2. The average Bonchev–Trinajstić information content (AvgIpc) is 3.25. The van der Waals surface area contributed by atoms with Gasteiger partial charge in [-0.2, -0.15) is 0 Å². The standard InChI is InChI=1S/C22H26BrN3O4/c23-16-4-1-5-19(14-16)29-13-3-7-21(27)25-17-8-10-18(11-9-17)26-22(28)24-15-20-6-2-12-30-20/h1,4-5,8-11,14,20H,2-3,6-7,12-13,15H2,(H,25,27)(H2,24,26,28). The van der Waals surface area contributed by atoms with E-state index in [4.69, 9.17) is 9.47 Å². The van der Waals surface area contributed by atoms with E-state index in [0.29, 0.717) is 37.4 Å². The summed E-state index contributed by atoms with van der Waals surface area (Å²) in [6, 6.07) is 14.3. The van der Waals surface area contributed by atoms with Crippen LogP contribution in [0.4, 0.5) is 16.2 Å². The van der Waals surface area contributed by atoms with Gasteiger partial charge in [-0.05, 0) is 61.7 Å². The van der Waals surface area contributed by atoms with E-state index in [2.05, 4.69) is 31.9 Å². The van der Waals surface area contributed by atoms with Crippen molar-refractivity contribution >= 4 is 39.2 Å². The lowest BCUT2D eigenvalue weighted by molar-refractivity contribution is -0.116. The third kappa shape index (κ3) is 7.68. The first-order chi connectivity index (χ1) is 14.6. The summed E-state index contributed by atoms with van der Waals surface area (Å²) in [7, 11) is 0. The highest BCUT2D eigenvalue weighted by atomic mass is 79.9. The Bertz CT molecular complexity index is 839. The van der Waals surface area contributed by atoms with Crippen LogP contribution >= 0.6 is 15.9 Å². The fourth-order valence-electron chi connectivity index (χ4n) is 3.03. The number of carbonyl (C=O) groups excluding carboxylic acids is 2. The summed E-state index contributed by atoms with van der Waals surface area (Å²) >= 11 is 3.40. The Morgan fingerprint density at radius 2 is 1.87 bits per heavy atom. The first-order valence-corrected chi connectivity index (χ1v) is 10.8. The molecule has 1 fully saturated rings. The lowest BCUT2D eigenvalue weighted by Gasteiger charge is -2.12. The van der Waals surface area contributed by atoms with E-state index in [-0.39, 0.29) is 18.0 Å². The van der Waals surface area contributed by atoms with Crippen molar-refractivity contribution in [1.82, 2.24) is 5.32 Å². The lowest BCUT2D eigenvalue weighted by Crippen LogP contribution is -2.35. The summed E-state index contributed by atoms with van der Waals surface area (Å²) < 4.78 is 12.1. The number of hydrogen-bond donors (Lipinski definition) is 3. The second-order valence-electron chi connectivity index (χ2n) is 7.00. The molecule has 1 atom stereocenters. The lowest BCUT2D eigenvalue weighted by atomic mass is 10.2. The molecule has 1 aliphatic rings. The number of nitrogens with one attached hydrogen (secondary N) is 3. The molecule has 1 heterocycles. The molecule has 1 aliphatic heterocycles. The Balaban J connectivity index is 1.33. The van der Waals surface area contributed by atoms with Crippen molar-refractivity contribution < 1.29 is 19.1 Å². The Morgan fingerprint density at radius 3 is 2.57 bits per heavy atom. The van der Waals surface area contributed by atoms with Crippen molar-refractivity contribution in [3.05, 3.63) is 53.0 Å². The summed E-state index contributed by atoms with van der Waals surface area (Å²) in [5.74, 6) is 0.690. The molecular formula is C22H26BrN3O4. The summed E-state index contributed by atoms with van der Waals surface area (Å²) in [4.78, 5) is 24.0. The summed E-state index contributed by atoms with van der Waals surface area (Å²) in [6.07, 6.45) is 3.10. The molecule has 1 unspecified atom stereocenters. The van der Waals surface area contributed by atoms with Crippen molar-refractivity contribution in [3.63, 3.8) is 0 Å². The highest BCUT2D eigenvalue weighted by Gasteiger charge is 2.16. The Morgan fingerprint density at radius 1 is 1.10 bits per heavy atom. The highest BCUT2D eigenvalue weighted by Crippen LogP contribution is 2.18. The van der Waals surface area contributed by atoms with Gasteiger partial charge in [0.05, 0.1) is 12.7 Å². The number of amides is 3. The van der Waals surface area contributed by atoms with Crippen LogP contribution in [-0.2, 0) is 9.53 Å². The Labute approximate surface area is 184 Å². The van der Waals surface area contributed by atoms with Gasteiger partial charge in [-0.15, -0.1) is 0 Å². The number of rotatable bonds is 9. The van der Waals surface area contributed by atoms with Gasteiger partial charge in [-0.25, -0.2) is 4.79 Å². The minimum Gasteiger partial charge on any atom is -0.494 e. The molecule has 3 rings (SSSR count). The van der Waals surface area contributed by atoms with Crippen LogP contribution in [0.15, 0.2) is 53.0 Å². The fraction of sp³-hybridized carbons (Fsp3) is 0.364. The number of anilines is 2. The number of ether oxygens (including phenoxy) is 2. The highest BCUT2D eigenvalue weighted by molar-refractivity contribution is 9.10. The van der Waals surface area contributed by atoms with Crippen LogP contribution < -0.4 is 20.7 Å². The zero-order chi connectivity index (χ0) is 21.2. The second-order valence-corrected chi connectivity index (χ2v) is 7.92. The quantitative estimate of drug-likeness (QED) is 0.464. The molecule has 8 heteroatoms. The normalized spacial score (nSPS) is 15.4. The molecule has 30 heavy (non-hydrogen) atoms. The predicted molar refractivity (Wildman–Crippen MR) is 120 cm³/mol.